The minimum absolute atomic E-state index is 0.0180. The summed E-state index contributed by atoms with van der Waals surface area (Å²) < 4.78 is 5.27. The highest BCUT2D eigenvalue weighted by Gasteiger charge is 2.21. The van der Waals surface area contributed by atoms with Crippen LogP contribution in [0, 0.1) is 5.92 Å². The number of amides is 1. The number of carbonyl (C=O) groups is 2. The van der Waals surface area contributed by atoms with Crippen molar-refractivity contribution in [3.63, 3.8) is 0 Å². The molecule has 6 heteroatoms. The van der Waals surface area contributed by atoms with Crippen molar-refractivity contribution < 1.29 is 19.4 Å². The topological polar surface area (TPSA) is 66.8 Å². The van der Waals surface area contributed by atoms with E-state index in [2.05, 4.69) is 0 Å². The summed E-state index contributed by atoms with van der Waals surface area (Å²) in [7, 11) is 0. The summed E-state index contributed by atoms with van der Waals surface area (Å²) in [5.41, 5.74) is 0. The predicted molar refractivity (Wildman–Crippen MR) is 66.1 cm³/mol. The lowest BCUT2D eigenvalue weighted by Gasteiger charge is -2.23. The van der Waals surface area contributed by atoms with Crippen molar-refractivity contribution in [1.82, 2.24) is 4.90 Å². The number of ether oxygens (including phenoxy) is 1. The van der Waals surface area contributed by atoms with E-state index in [0.717, 1.165) is 37.9 Å². The lowest BCUT2D eigenvalue weighted by Crippen LogP contribution is -2.36. The largest absolute Gasteiger partial charge is 0.481 e. The number of rotatable bonds is 7. The van der Waals surface area contributed by atoms with Crippen LogP contribution in [0.15, 0.2) is 0 Å². The van der Waals surface area contributed by atoms with Crippen molar-refractivity contribution in [1.29, 1.82) is 0 Å². The average Bonchev–Trinajstić information content (AvgIpc) is 2.77. The highest BCUT2D eigenvalue weighted by Crippen LogP contribution is 2.14. The zero-order valence-electron chi connectivity index (χ0n) is 10.1. The first-order chi connectivity index (χ1) is 8.13. The number of hydrogen-bond donors (Lipinski definition) is 1. The second-order valence-electron chi connectivity index (χ2n) is 4.05. The van der Waals surface area contributed by atoms with E-state index in [1.54, 1.807) is 4.90 Å². The van der Waals surface area contributed by atoms with Crippen LogP contribution in [0.2, 0.25) is 0 Å². The van der Waals surface area contributed by atoms with Crippen LogP contribution in [0.5, 0.6) is 0 Å². The van der Waals surface area contributed by atoms with E-state index in [4.69, 9.17) is 9.84 Å². The molecule has 1 saturated heterocycles. The second kappa shape index (κ2) is 7.55. The molecule has 0 aromatic carbocycles. The molecule has 0 aromatic rings. The summed E-state index contributed by atoms with van der Waals surface area (Å²) in [4.78, 5) is 23.9. The van der Waals surface area contributed by atoms with E-state index < -0.39 is 5.97 Å². The predicted octanol–water partition coefficient (Wildman–Crippen LogP) is 0.689. The summed E-state index contributed by atoms with van der Waals surface area (Å²) in [6.45, 7) is 4.84. The van der Waals surface area contributed by atoms with Gasteiger partial charge >= 0.3 is 5.97 Å². The van der Waals surface area contributed by atoms with E-state index >= 15 is 0 Å². The first-order valence-electron chi connectivity index (χ1n) is 5.78. The van der Waals surface area contributed by atoms with Gasteiger partial charge in [-0.1, -0.05) is 0 Å². The molecule has 1 aliphatic heterocycles. The lowest BCUT2D eigenvalue weighted by atomic mass is 10.1. The van der Waals surface area contributed by atoms with E-state index in [-0.39, 0.29) is 17.4 Å². The van der Waals surface area contributed by atoms with Crippen molar-refractivity contribution in [2.75, 3.05) is 37.8 Å². The second-order valence-corrected chi connectivity index (χ2v) is 5.03. The van der Waals surface area contributed by atoms with E-state index in [1.165, 1.54) is 0 Å². The SMILES string of the molecule is CCN(CC1CCOC1)C(=O)CSCC(=O)O. The van der Waals surface area contributed by atoms with Gasteiger partial charge in [0.1, 0.15) is 0 Å². The van der Waals surface area contributed by atoms with Crippen LogP contribution >= 0.6 is 11.8 Å². The van der Waals surface area contributed by atoms with Crippen molar-refractivity contribution in [3.8, 4) is 0 Å². The Morgan fingerprint density at radius 2 is 2.24 bits per heavy atom. The van der Waals surface area contributed by atoms with Gasteiger partial charge < -0.3 is 14.7 Å². The van der Waals surface area contributed by atoms with Crippen molar-refractivity contribution in [3.05, 3.63) is 0 Å². The Bertz CT molecular complexity index is 266. The molecule has 0 bridgehead atoms. The molecule has 1 N–H and O–H groups in total. The number of nitrogens with zero attached hydrogens (tertiary/aromatic N) is 1. The lowest BCUT2D eigenvalue weighted by molar-refractivity contribution is -0.133. The van der Waals surface area contributed by atoms with E-state index in [9.17, 15) is 9.59 Å². The Labute approximate surface area is 105 Å². The van der Waals surface area contributed by atoms with Crippen LogP contribution in [0.3, 0.4) is 0 Å². The monoisotopic (exact) mass is 261 g/mol. The van der Waals surface area contributed by atoms with Gasteiger partial charge in [0, 0.05) is 25.6 Å². The smallest absolute Gasteiger partial charge is 0.313 e. The molecule has 1 amide bonds. The van der Waals surface area contributed by atoms with Gasteiger partial charge in [0.15, 0.2) is 0 Å². The Morgan fingerprint density at radius 3 is 2.76 bits per heavy atom. The van der Waals surface area contributed by atoms with Gasteiger partial charge in [0.25, 0.3) is 0 Å². The van der Waals surface area contributed by atoms with Crippen LogP contribution in [0.1, 0.15) is 13.3 Å². The van der Waals surface area contributed by atoms with Gasteiger partial charge in [0.2, 0.25) is 5.91 Å². The van der Waals surface area contributed by atoms with Crippen LogP contribution in [-0.4, -0.2) is 59.7 Å². The normalized spacial score (nSPS) is 19.2. The number of carboxylic acid groups (broad SMARTS) is 1. The van der Waals surface area contributed by atoms with Gasteiger partial charge in [0.05, 0.1) is 18.1 Å². The van der Waals surface area contributed by atoms with Gasteiger partial charge in [-0.25, -0.2) is 0 Å². The molecule has 1 rings (SSSR count). The molecule has 0 aromatic heterocycles. The first kappa shape index (κ1) is 14.3. The number of carbonyl (C=O) groups excluding carboxylic acids is 1. The summed E-state index contributed by atoms with van der Waals surface area (Å²) in [5, 5.41) is 8.49. The third-order valence-corrected chi connectivity index (χ3v) is 3.59. The maximum Gasteiger partial charge on any atom is 0.313 e. The van der Waals surface area contributed by atoms with Crippen molar-refractivity contribution in [2.24, 2.45) is 5.92 Å². The fraction of sp³-hybridized carbons (Fsp3) is 0.818. The number of hydrogen-bond acceptors (Lipinski definition) is 4. The summed E-state index contributed by atoms with van der Waals surface area (Å²) >= 11 is 1.15. The molecule has 0 spiro atoms. The molecule has 0 radical (unpaired) electrons. The fourth-order valence-corrected chi connectivity index (χ4v) is 2.40. The summed E-state index contributed by atoms with van der Waals surface area (Å²) in [6, 6.07) is 0. The molecular formula is C11H19NO4S. The highest BCUT2D eigenvalue weighted by atomic mass is 32.2. The summed E-state index contributed by atoms with van der Waals surface area (Å²) in [6.07, 6.45) is 1.01. The van der Waals surface area contributed by atoms with Crippen LogP contribution in [-0.2, 0) is 14.3 Å². The third kappa shape index (κ3) is 5.41. The van der Waals surface area contributed by atoms with E-state index in [1.807, 2.05) is 6.92 Å². The van der Waals surface area contributed by atoms with Crippen LogP contribution < -0.4 is 0 Å². The molecule has 0 aliphatic carbocycles. The standard InChI is InChI=1S/C11H19NO4S/c1-2-12(5-9-3-4-16-6-9)10(13)7-17-8-11(14)15/h9H,2-8H2,1H3,(H,14,15). The quantitative estimate of drug-likeness (QED) is 0.730. The Balaban J connectivity index is 2.27. The van der Waals surface area contributed by atoms with Crippen molar-refractivity contribution in [2.45, 2.75) is 13.3 Å². The molecular weight excluding hydrogens is 242 g/mol. The Hall–Kier alpha value is -0.750. The average molecular weight is 261 g/mol. The molecule has 1 heterocycles. The fourth-order valence-electron chi connectivity index (χ4n) is 1.76. The van der Waals surface area contributed by atoms with E-state index in [0.29, 0.717) is 12.5 Å². The number of thioether (sulfide) groups is 1. The molecule has 1 aliphatic rings. The minimum atomic E-state index is -0.880. The molecule has 1 unspecified atom stereocenters. The van der Waals surface area contributed by atoms with Gasteiger partial charge in [-0.2, -0.15) is 0 Å². The molecule has 0 saturated carbocycles. The van der Waals surface area contributed by atoms with Crippen molar-refractivity contribution >= 4 is 23.6 Å². The summed E-state index contributed by atoms with van der Waals surface area (Å²) in [5.74, 6) is -0.201. The maximum absolute atomic E-state index is 11.8. The zero-order valence-corrected chi connectivity index (χ0v) is 10.9. The zero-order chi connectivity index (χ0) is 12.7. The molecule has 98 valence electrons. The first-order valence-corrected chi connectivity index (χ1v) is 6.94. The number of aliphatic carboxylic acids is 1. The van der Waals surface area contributed by atoms with Gasteiger partial charge in [-0.3, -0.25) is 9.59 Å². The number of carboxylic acids is 1. The van der Waals surface area contributed by atoms with Crippen LogP contribution in [0.4, 0.5) is 0 Å². The molecule has 17 heavy (non-hydrogen) atoms. The van der Waals surface area contributed by atoms with Crippen LogP contribution in [0.25, 0.3) is 0 Å². The molecule has 1 atom stereocenters. The van der Waals surface area contributed by atoms with Gasteiger partial charge in [-0.15, -0.1) is 11.8 Å². The maximum atomic E-state index is 11.8. The minimum Gasteiger partial charge on any atom is -0.481 e. The highest BCUT2D eigenvalue weighted by molar-refractivity contribution is 8.00. The molecule has 1 fully saturated rings. The van der Waals surface area contributed by atoms with Gasteiger partial charge in [-0.05, 0) is 13.3 Å². The Kier molecular flexibility index (Phi) is 6.36. The Morgan fingerprint density at radius 1 is 1.47 bits per heavy atom. The third-order valence-electron chi connectivity index (χ3n) is 2.69. The molecule has 5 nitrogen and oxygen atoms in total.